The van der Waals surface area contributed by atoms with Gasteiger partial charge in [0.2, 0.25) is 0 Å². The molecule has 0 spiro atoms. The molecule has 1 aromatic heterocycles. The summed E-state index contributed by atoms with van der Waals surface area (Å²) < 4.78 is 5.56. The largest absolute Gasteiger partial charge is 0.497 e. The lowest BCUT2D eigenvalue weighted by Crippen LogP contribution is -2.32. The van der Waals surface area contributed by atoms with Gasteiger partial charge in [-0.05, 0) is 38.1 Å². The van der Waals surface area contributed by atoms with Crippen LogP contribution in [0.2, 0.25) is 0 Å². The van der Waals surface area contributed by atoms with E-state index in [1.54, 1.807) is 0 Å². The van der Waals surface area contributed by atoms with Gasteiger partial charge in [-0.15, -0.1) is 0 Å². The second-order valence-electron chi connectivity index (χ2n) is 4.54. The summed E-state index contributed by atoms with van der Waals surface area (Å²) in [4.78, 5) is 6.65. The zero-order valence-electron chi connectivity index (χ0n) is 10.4. The molecule has 0 saturated carbocycles. The molecule has 0 aromatic carbocycles. The molecule has 1 aliphatic rings. The number of rotatable bonds is 5. The molecule has 0 radical (unpaired) electrons. The number of hydrogen-bond acceptors (Lipinski definition) is 3. The van der Waals surface area contributed by atoms with Crippen molar-refractivity contribution in [3.8, 4) is 0 Å². The van der Waals surface area contributed by atoms with Gasteiger partial charge in [0, 0.05) is 31.4 Å². The molecular weight excluding hydrogens is 212 g/mol. The third-order valence-corrected chi connectivity index (χ3v) is 3.01. The molecular formula is C14H20N2O. The normalized spacial score (nSPS) is 19.3. The first-order valence-corrected chi connectivity index (χ1v) is 6.23. The highest BCUT2D eigenvalue weighted by atomic mass is 16.5. The molecule has 0 amide bonds. The van der Waals surface area contributed by atoms with Crippen LogP contribution in [0.5, 0.6) is 0 Å². The highest BCUT2D eigenvalue weighted by Gasteiger charge is 2.13. The van der Waals surface area contributed by atoms with E-state index in [-0.39, 0.29) is 0 Å². The van der Waals surface area contributed by atoms with Crippen molar-refractivity contribution in [3.63, 3.8) is 0 Å². The molecule has 1 aliphatic heterocycles. The van der Waals surface area contributed by atoms with E-state index >= 15 is 0 Å². The second-order valence-corrected chi connectivity index (χ2v) is 4.54. The van der Waals surface area contributed by atoms with Gasteiger partial charge in [0.05, 0.1) is 6.26 Å². The Morgan fingerprint density at radius 1 is 1.47 bits per heavy atom. The van der Waals surface area contributed by atoms with E-state index in [4.69, 9.17) is 4.74 Å². The molecule has 1 aromatic rings. The third-order valence-electron chi connectivity index (χ3n) is 3.01. The minimum absolute atomic E-state index is 0.355. The van der Waals surface area contributed by atoms with E-state index in [0.29, 0.717) is 6.10 Å². The number of hydrogen-bond donors (Lipinski definition) is 0. The molecule has 3 heteroatoms. The standard InChI is InChI=1S/C14H20N2O/c1-16(12-14-7-3-5-11-17-14)10-8-13-6-2-4-9-15-13/h2,4-6,9,11,14H,3,7-8,10,12H2,1H3/t14-/m0/s1. The van der Waals surface area contributed by atoms with Crippen LogP contribution < -0.4 is 0 Å². The quantitative estimate of drug-likeness (QED) is 0.778. The maximum Gasteiger partial charge on any atom is 0.111 e. The van der Waals surface area contributed by atoms with Gasteiger partial charge in [-0.1, -0.05) is 6.07 Å². The Bertz CT molecular complexity index is 350. The van der Waals surface area contributed by atoms with Crippen molar-refractivity contribution < 1.29 is 4.74 Å². The van der Waals surface area contributed by atoms with Crippen LogP contribution in [-0.2, 0) is 11.2 Å². The minimum atomic E-state index is 0.355. The Morgan fingerprint density at radius 2 is 2.41 bits per heavy atom. The highest BCUT2D eigenvalue weighted by Crippen LogP contribution is 2.11. The molecule has 0 aliphatic carbocycles. The fourth-order valence-corrected chi connectivity index (χ4v) is 2.01. The molecule has 0 saturated heterocycles. The van der Waals surface area contributed by atoms with Crippen LogP contribution in [-0.4, -0.2) is 36.1 Å². The predicted molar refractivity (Wildman–Crippen MR) is 68.7 cm³/mol. The van der Waals surface area contributed by atoms with Crippen molar-refractivity contribution in [1.29, 1.82) is 0 Å². The van der Waals surface area contributed by atoms with E-state index in [9.17, 15) is 0 Å². The topological polar surface area (TPSA) is 25.4 Å². The average molecular weight is 232 g/mol. The first kappa shape index (κ1) is 12.1. The fourth-order valence-electron chi connectivity index (χ4n) is 2.01. The molecule has 2 heterocycles. The molecule has 0 fully saturated rings. The van der Waals surface area contributed by atoms with Gasteiger partial charge in [-0.3, -0.25) is 4.98 Å². The lowest BCUT2D eigenvalue weighted by Gasteiger charge is -2.25. The third kappa shape index (κ3) is 4.19. The predicted octanol–water partition coefficient (Wildman–Crippen LogP) is 2.25. The molecule has 17 heavy (non-hydrogen) atoms. The molecule has 2 rings (SSSR count). The van der Waals surface area contributed by atoms with Crippen molar-refractivity contribution in [2.45, 2.75) is 25.4 Å². The molecule has 0 N–H and O–H groups in total. The Hall–Kier alpha value is -1.35. The van der Waals surface area contributed by atoms with Crippen LogP contribution in [0.25, 0.3) is 0 Å². The molecule has 0 bridgehead atoms. The zero-order valence-corrected chi connectivity index (χ0v) is 10.4. The summed E-state index contributed by atoms with van der Waals surface area (Å²) in [6.07, 6.45) is 9.40. The fraction of sp³-hybridized carbons (Fsp3) is 0.500. The van der Waals surface area contributed by atoms with Gasteiger partial charge >= 0.3 is 0 Å². The van der Waals surface area contributed by atoms with Crippen molar-refractivity contribution in [3.05, 3.63) is 42.4 Å². The Kier molecular flexibility index (Phi) is 4.56. The van der Waals surface area contributed by atoms with Gasteiger partial charge in [0.15, 0.2) is 0 Å². The molecule has 0 unspecified atom stereocenters. The van der Waals surface area contributed by atoms with Crippen molar-refractivity contribution >= 4 is 0 Å². The van der Waals surface area contributed by atoms with E-state index in [1.165, 1.54) is 0 Å². The summed E-state index contributed by atoms with van der Waals surface area (Å²) in [5, 5.41) is 0. The summed E-state index contributed by atoms with van der Waals surface area (Å²) >= 11 is 0. The van der Waals surface area contributed by atoms with Crippen LogP contribution in [0.1, 0.15) is 18.5 Å². The highest BCUT2D eigenvalue weighted by molar-refractivity contribution is 5.03. The summed E-state index contributed by atoms with van der Waals surface area (Å²) in [7, 11) is 2.14. The average Bonchev–Trinajstić information content (AvgIpc) is 2.39. The van der Waals surface area contributed by atoms with Gasteiger partial charge in [0.25, 0.3) is 0 Å². The van der Waals surface area contributed by atoms with Gasteiger partial charge in [-0.2, -0.15) is 0 Å². The van der Waals surface area contributed by atoms with Crippen molar-refractivity contribution in [1.82, 2.24) is 9.88 Å². The SMILES string of the molecule is CN(CCc1ccccn1)C[C@@H]1CCC=CO1. The lowest BCUT2D eigenvalue weighted by atomic mass is 10.1. The minimum Gasteiger partial charge on any atom is -0.497 e. The second kappa shape index (κ2) is 6.40. The number of pyridine rings is 1. The van der Waals surface area contributed by atoms with Crippen molar-refractivity contribution in [2.75, 3.05) is 20.1 Å². The summed E-state index contributed by atoms with van der Waals surface area (Å²) in [6.45, 7) is 2.03. The number of aromatic nitrogens is 1. The summed E-state index contributed by atoms with van der Waals surface area (Å²) in [6, 6.07) is 6.07. The Labute approximate surface area is 103 Å². The molecule has 1 atom stereocenters. The first-order chi connectivity index (χ1) is 8.34. The van der Waals surface area contributed by atoms with Gasteiger partial charge < -0.3 is 9.64 Å². The first-order valence-electron chi connectivity index (χ1n) is 6.23. The summed E-state index contributed by atoms with van der Waals surface area (Å²) in [5.74, 6) is 0. The van der Waals surface area contributed by atoms with Crippen LogP contribution in [0.3, 0.4) is 0 Å². The lowest BCUT2D eigenvalue weighted by molar-refractivity contribution is 0.0885. The van der Waals surface area contributed by atoms with Crippen LogP contribution >= 0.6 is 0 Å². The number of nitrogens with zero attached hydrogens (tertiary/aromatic N) is 2. The molecule has 3 nitrogen and oxygen atoms in total. The molecule has 92 valence electrons. The number of likely N-dealkylation sites (N-methyl/N-ethyl adjacent to an activating group) is 1. The van der Waals surface area contributed by atoms with E-state index < -0.39 is 0 Å². The monoisotopic (exact) mass is 232 g/mol. The number of allylic oxidation sites excluding steroid dienone is 1. The van der Waals surface area contributed by atoms with Gasteiger partial charge in [0.1, 0.15) is 6.10 Å². The maximum atomic E-state index is 5.56. The van der Waals surface area contributed by atoms with Crippen LogP contribution in [0, 0.1) is 0 Å². The van der Waals surface area contributed by atoms with E-state index in [0.717, 1.165) is 38.0 Å². The number of ether oxygens (including phenoxy) is 1. The Balaban J connectivity index is 1.70. The van der Waals surface area contributed by atoms with Gasteiger partial charge in [-0.25, -0.2) is 0 Å². The van der Waals surface area contributed by atoms with Crippen LogP contribution in [0.4, 0.5) is 0 Å². The van der Waals surface area contributed by atoms with Crippen LogP contribution in [0.15, 0.2) is 36.7 Å². The Morgan fingerprint density at radius 3 is 3.12 bits per heavy atom. The summed E-state index contributed by atoms with van der Waals surface area (Å²) in [5.41, 5.74) is 1.16. The zero-order chi connectivity index (χ0) is 11.9. The van der Waals surface area contributed by atoms with E-state index in [1.807, 2.05) is 24.6 Å². The van der Waals surface area contributed by atoms with E-state index in [2.05, 4.69) is 29.1 Å². The maximum absolute atomic E-state index is 5.56. The smallest absolute Gasteiger partial charge is 0.111 e. The van der Waals surface area contributed by atoms with Crippen molar-refractivity contribution in [2.24, 2.45) is 0 Å².